The average Bonchev–Trinajstić information content (AvgIpc) is 2.98. The number of carboxylic acids is 1. The monoisotopic (exact) mass is 394 g/mol. The van der Waals surface area contributed by atoms with Crippen molar-refractivity contribution >= 4 is 17.4 Å². The Morgan fingerprint density at radius 3 is 2.59 bits per heavy atom. The van der Waals surface area contributed by atoms with Crippen molar-refractivity contribution in [2.45, 2.75) is 46.5 Å². The smallest absolute Gasteiger partial charge is 0.303 e. The first-order chi connectivity index (χ1) is 13.8. The van der Waals surface area contributed by atoms with E-state index in [1.54, 1.807) is 17.5 Å². The molecule has 1 unspecified atom stereocenters. The van der Waals surface area contributed by atoms with E-state index in [9.17, 15) is 14.7 Å². The van der Waals surface area contributed by atoms with Gasteiger partial charge in [0, 0.05) is 18.5 Å². The van der Waals surface area contributed by atoms with Gasteiger partial charge in [-0.05, 0) is 51.0 Å². The van der Waals surface area contributed by atoms with Crippen molar-refractivity contribution in [2.24, 2.45) is 0 Å². The van der Waals surface area contributed by atoms with E-state index in [-0.39, 0.29) is 18.6 Å². The lowest BCUT2D eigenvalue weighted by Crippen LogP contribution is -2.15. The van der Waals surface area contributed by atoms with Gasteiger partial charge in [0.05, 0.1) is 18.7 Å². The molecular formula is C23H26N2O4. The van der Waals surface area contributed by atoms with Gasteiger partial charge in [0.15, 0.2) is 17.2 Å². The van der Waals surface area contributed by atoms with Crippen LogP contribution in [0.4, 0.5) is 0 Å². The largest absolute Gasteiger partial charge is 0.490 e. The van der Waals surface area contributed by atoms with Crippen molar-refractivity contribution in [1.29, 1.82) is 0 Å². The molecule has 0 saturated heterocycles. The molecule has 6 nitrogen and oxygen atoms in total. The zero-order valence-corrected chi connectivity index (χ0v) is 17.2. The highest BCUT2D eigenvalue weighted by molar-refractivity contribution is 5.97. The van der Waals surface area contributed by atoms with Crippen molar-refractivity contribution in [2.75, 3.05) is 6.61 Å². The molecular weight excluding hydrogens is 368 g/mol. The summed E-state index contributed by atoms with van der Waals surface area (Å²) in [5, 5.41) is 9.41. The Balaban J connectivity index is 1.99. The summed E-state index contributed by atoms with van der Waals surface area (Å²) in [5.74, 6) is -0.833. The fourth-order valence-corrected chi connectivity index (χ4v) is 3.87. The number of carboxylic acid groups (broad SMARTS) is 1. The number of aromatic nitrogens is 2. The Labute approximate surface area is 170 Å². The van der Waals surface area contributed by atoms with Crippen LogP contribution in [0, 0.1) is 20.8 Å². The second kappa shape index (κ2) is 8.47. The third kappa shape index (κ3) is 4.31. The highest BCUT2D eigenvalue weighted by Crippen LogP contribution is 2.30. The summed E-state index contributed by atoms with van der Waals surface area (Å²) in [6.45, 7) is 8.13. The Bertz CT molecular complexity index is 1070. The topological polar surface area (TPSA) is 80.9 Å². The van der Waals surface area contributed by atoms with E-state index in [0.29, 0.717) is 29.4 Å². The van der Waals surface area contributed by atoms with Crippen LogP contribution in [0.2, 0.25) is 0 Å². The number of benzene rings is 1. The van der Waals surface area contributed by atoms with Crippen LogP contribution in [-0.2, 0) is 4.79 Å². The minimum Gasteiger partial charge on any atom is -0.490 e. The van der Waals surface area contributed by atoms with E-state index >= 15 is 0 Å². The maximum Gasteiger partial charge on any atom is 0.303 e. The number of rotatable bonds is 8. The molecule has 3 rings (SSSR count). The predicted molar refractivity (Wildman–Crippen MR) is 111 cm³/mol. The third-order valence-corrected chi connectivity index (χ3v) is 5.07. The molecule has 0 fully saturated rings. The molecule has 0 spiro atoms. The van der Waals surface area contributed by atoms with Crippen LogP contribution in [-0.4, -0.2) is 32.9 Å². The number of ketones is 1. The number of hydrogen-bond donors (Lipinski definition) is 1. The normalized spacial score (nSPS) is 12.1. The van der Waals surface area contributed by atoms with Crippen LogP contribution in [0.15, 0.2) is 36.5 Å². The van der Waals surface area contributed by atoms with Gasteiger partial charge in [0.2, 0.25) is 0 Å². The summed E-state index contributed by atoms with van der Waals surface area (Å²) in [4.78, 5) is 29.3. The van der Waals surface area contributed by atoms with Gasteiger partial charge >= 0.3 is 5.97 Å². The number of hydrogen-bond acceptors (Lipinski definition) is 4. The molecule has 1 aromatic carbocycles. The third-order valence-electron chi connectivity index (χ3n) is 5.07. The van der Waals surface area contributed by atoms with Gasteiger partial charge < -0.3 is 9.84 Å². The molecule has 1 N–H and O–H groups in total. The van der Waals surface area contributed by atoms with E-state index in [4.69, 9.17) is 4.74 Å². The Morgan fingerprint density at radius 2 is 1.93 bits per heavy atom. The highest BCUT2D eigenvalue weighted by atomic mass is 16.5. The van der Waals surface area contributed by atoms with Crippen LogP contribution in [0.1, 0.15) is 58.6 Å². The summed E-state index contributed by atoms with van der Waals surface area (Å²) in [5.41, 5.74) is 4.67. The molecule has 0 aliphatic heterocycles. The molecule has 3 aromatic rings. The molecule has 152 valence electrons. The second-order valence-electron chi connectivity index (χ2n) is 7.33. The molecule has 0 aliphatic carbocycles. The lowest BCUT2D eigenvalue weighted by molar-refractivity contribution is -0.137. The summed E-state index contributed by atoms with van der Waals surface area (Å²) in [6.07, 6.45) is 1.79. The van der Waals surface area contributed by atoms with Crippen LogP contribution in [0.25, 0.3) is 5.65 Å². The molecule has 0 bridgehead atoms. The van der Waals surface area contributed by atoms with Crippen molar-refractivity contribution < 1.29 is 19.4 Å². The molecule has 1 atom stereocenters. The van der Waals surface area contributed by atoms with Gasteiger partial charge in [-0.25, -0.2) is 4.98 Å². The van der Waals surface area contributed by atoms with Gasteiger partial charge in [-0.15, -0.1) is 0 Å². The van der Waals surface area contributed by atoms with Crippen LogP contribution >= 0.6 is 0 Å². The maximum absolute atomic E-state index is 13.3. The van der Waals surface area contributed by atoms with Gasteiger partial charge in [0.1, 0.15) is 5.69 Å². The molecule has 0 amide bonds. The van der Waals surface area contributed by atoms with Crippen molar-refractivity contribution in [3.63, 3.8) is 0 Å². The first kappa shape index (κ1) is 20.6. The highest BCUT2D eigenvalue weighted by Gasteiger charge is 2.25. The Kier molecular flexibility index (Phi) is 6.01. The van der Waals surface area contributed by atoms with Gasteiger partial charge in [0.25, 0.3) is 0 Å². The average molecular weight is 394 g/mol. The number of ether oxygens (including phenoxy) is 1. The lowest BCUT2D eigenvalue weighted by Gasteiger charge is -2.18. The van der Waals surface area contributed by atoms with E-state index in [1.165, 1.54) is 0 Å². The summed E-state index contributed by atoms with van der Waals surface area (Å²) >= 11 is 0. The van der Waals surface area contributed by atoms with Crippen molar-refractivity contribution in [3.8, 4) is 5.75 Å². The molecule has 29 heavy (non-hydrogen) atoms. The van der Waals surface area contributed by atoms with Crippen molar-refractivity contribution in [3.05, 3.63) is 64.6 Å². The van der Waals surface area contributed by atoms with Gasteiger partial charge in [-0.3, -0.25) is 14.0 Å². The van der Waals surface area contributed by atoms with Gasteiger partial charge in [-0.2, -0.15) is 0 Å². The van der Waals surface area contributed by atoms with E-state index in [0.717, 1.165) is 16.7 Å². The van der Waals surface area contributed by atoms with Crippen molar-refractivity contribution in [1.82, 2.24) is 9.38 Å². The Morgan fingerprint density at radius 1 is 1.17 bits per heavy atom. The number of carbonyl (C=O) groups is 2. The summed E-state index contributed by atoms with van der Waals surface area (Å²) < 4.78 is 7.36. The number of imidazole rings is 1. The first-order valence-corrected chi connectivity index (χ1v) is 9.74. The molecule has 2 aromatic heterocycles. The first-order valence-electron chi connectivity index (χ1n) is 9.74. The number of aliphatic carboxylic acids is 1. The zero-order valence-electron chi connectivity index (χ0n) is 17.2. The van der Waals surface area contributed by atoms with E-state index in [1.807, 2.05) is 51.1 Å². The molecule has 0 radical (unpaired) electrons. The zero-order chi connectivity index (χ0) is 21.1. The van der Waals surface area contributed by atoms with E-state index < -0.39 is 11.9 Å². The minimum atomic E-state index is -0.920. The quantitative estimate of drug-likeness (QED) is 0.569. The lowest BCUT2D eigenvalue weighted by atomic mass is 9.86. The fourth-order valence-electron chi connectivity index (χ4n) is 3.87. The van der Waals surface area contributed by atoms with Crippen LogP contribution < -0.4 is 4.74 Å². The number of pyridine rings is 1. The molecule has 0 saturated carbocycles. The van der Waals surface area contributed by atoms with Crippen LogP contribution in [0.5, 0.6) is 5.75 Å². The summed E-state index contributed by atoms with van der Waals surface area (Å²) in [6, 6.07) is 9.54. The summed E-state index contributed by atoms with van der Waals surface area (Å²) in [7, 11) is 0. The number of Topliss-reactive ketones (excluding diaryl/α,β-unsaturated/α-hetero) is 1. The Hall–Kier alpha value is -3.15. The number of carbonyl (C=O) groups excluding carboxylic acids is 1. The predicted octanol–water partition coefficient (Wildman–Crippen LogP) is 4.49. The molecule has 2 heterocycles. The second-order valence-corrected chi connectivity index (χ2v) is 7.33. The fraction of sp³-hybridized carbons (Fsp3) is 0.348. The minimum absolute atomic E-state index is 0.101. The molecule has 6 heteroatoms. The molecule has 0 aliphatic rings. The number of aryl methyl sites for hydroxylation is 3. The van der Waals surface area contributed by atoms with Crippen LogP contribution in [0.3, 0.4) is 0 Å². The number of nitrogens with zero attached hydrogens (tertiary/aromatic N) is 2. The van der Waals surface area contributed by atoms with Gasteiger partial charge in [-0.1, -0.05) is 23.8 Å². The SMILES string of the molecule is CCOc1cccn2c(C(=O)CC(CC(=O)O)c3ccc(C)cc3C)c(C)nc12. The number of fused-ring (bicyclic) bond motifs is 1. The maximum atomic E-state index is 13.3. The standard InChI is InChI=1S/C23H26N2O4/c1-5-29-20-7-6-10-25-22(16(4)24-23(20)25)19(26)12-17(13-21(27)28)18-9-8-14(2)11-15(18)3/h6-11,17H,5,12-13H2,1-4H3,(H,27,28). The van der Waals surface area contributed by atoms with E-state index in [2.05, 4.69) is 4.98 Å².